The summed E-state index contributed by atoms with van der Waals surface area (Å²) >= 11 is 5.75. The first-order chi connectivity index (χ1) is 15.6. The summed E-state index contributed by atoms with van der Waals surface area (Å²) in [6, 6.07) is 10.5. The van der Waals surface area contributed by atoms with Gasteiger partial charge in [-0.05, 0) is 62.6 Å². The second-order valence-electron chi connectivity index (χ2n) is 9.59. The van der Waals surface area contributed by atoms with Crippen LogP contribution in [-0.2, 0) is 16.0 Å². The smallest absolute Gasteiger partial charge is 0.311 e. The van der Waals surface area contributed by atoms with Crippen LogP contribution in [0.3, 0.4) is 0 Å². The Morgan fingerprint density at radius 3 is 2.76 bits per heavy atom. The zero-order chi connectivity index (χ0) is 23.9. The van der Waals surface area contributed by atoms with Gasteiger partial charge < -0.3 is 25.0 Å². The maximum absolute atomic E-state index is 13.7. The van der Waals surface area contributed by atoms with Crippen LogP contribution >= 0.6 is 11.6 Å². The molecule has 0 aromatic heterocycles. The van der Waals surface area contributed by atoms with Gasteiger partial charge in [0.2, 0.25) is 0 Å². The summed E-state index contributed by atoms with van der Waals surface area (Å²) in [5, 5.41) is 23.1. The van der Waals surface area contributed by atoms with Crippen molar-refractivity contribution in [2.24, 2.45) is 5.92 Å². The van der Waals surface area contributed by atoms with Crippen LogP contribution in [0.25, 0.3) is 0 Å². The van der Waals surface area contributed by atoms with Crippen LogP contribution < -0.4 is 10.1 Å². The number of aliphatic hydroxyl groups excluding tert-OH is 1. The minimum absolute atomic E-state index is 0.0872. The molecule has 5 atom stereocenters. The molecule has 0 radical (unpaired) electrons. The summed E-state index contributed by atoms with van der Waals surface area (Å²) in [5.41, 5.74) is 2.29. The van der Waals surface area contributed by atoms with E-state index in [0.29, 0.717) is 13.0 Å². The summed E-state index contributed by atoms with van der Waals surface area (Å²) in [4.78, 5) is 11.3. The van der Waals surface area contributed by atoms with Gasteiger partial charge in [-0.3, -0.25) is 4.79 Å². The summed E-state index contributed by atoms with van der Waals surface area (Å²) in [5.74, 6) is -1.09. The second-order valence-corrected chi connectivity index (χ2v) is 10.00. The topological polar surface area (TPSA) is 88.0 Å². The molecule has 3 N–H and O–H groups in total. The molecule has 1 heterocycles. The first-order valence-electron chi connectivity index (χ1n) is 11.1. The largest absolute Gasteiger partial charge is 0.489 e. The van der Waals surface area contributed by atoms with Crippen molar-refractivity contribution >= 4 is 17.6 Å². The summed E-state index contributed by atoms with van der Waals surface area (Å²) in [6.45, 7) is 6.32. The number of benzene rings is 2. The Kier molecular flexibility index (Phi) is 6.69. The molecule has 2 aromatic carbocycles. The molecule has 6 nitrogen and oxygen atoms in total. The lowest BCUT2D eigenvalue weighted by Gasteiger charge is -2.28. The van der Waals surface area contributed by atoms with Crippen LogP contribution in [0.4, 0.5) is 4.39 Å². The van der Waals surface area contributed by atoms with Crippen molar-refractivity contribution in [1.82, 2.24) is 5.32 Å². The molecule has 4 unspecified atom stereocenters. The van der Waals surface area contributed by atoms with Crippen molar-refractivity contribution in [3.05, 3.63) is 63.9 Å². The molecule has 2 aliphatic rings. The predicted octanol–water partition coefficient (Wildman–Crippen LogP) is 4.09. The van der Waals surface area contributed by atoms with Crippen molar-refractivity contribution < 1.29 is 28.9 Å². The van der Waals surface area contributed by atoms with Crippen LogP contribution in [0.5, 0.6) is 5.75 Å². The highest BCUT2D eigenvalue weighted by Gasteiger charge is 2.63. The molecule has 2 aromatic rings. The van der Waals surface area contributed by atoms with Gasteiger partial charge in [-0.2, -0.15) is 0 Å². The summed E-state index contributed by atoms with van der Waals surface area (Å²) < 4.78 is 25.3. The number of aliphatic carboxylic acids is 1. The number of hydrogen-bond acceptors (Lipinski definition) is 5. The highest BCUT2D eigenvalue weighted by molar-refractivity contribution is 6.30. The number of aliphatic hydroxyl groups is 1. The molecule has 178 valence electrons. The molecule has 1 saturated carbocycles. The molecule has 1 aliphatic heterocycles. The number of fused-ring (bicyclic) bond motifs is 3. The lowest BCUT2D eigenvalue weighted by molar-refractivity contribution is -0.139. The number of rotatable bonds is 10. The van der Waals surface area contributed by atoms with Crippen molar-refractivity contribution in [1.29, 1.82) is 0 Å². The molecule has 0 bridgehead atoms. The average Bonchev–Trinajstić information content (AvgIpc) is 3.36. The molecular formula is C25H29ClFNO5. The zero-order valence-corrected chi connectivity index (χ0v) is 19.6. The third kappa shape index (κ3) is 5.32. The van der Waals surface area contributed by atoms with Gasteiger partial charge in [0.25, 0.3) is 0 Å². The quantitative estimate of drug-likeness (QED) is 0.478. The lowest BCUT2D eigenvalue weighted by Crippen LogP contribution is -2.46. The molecule has 1 fully saturated rings. The molecule has 4 rings (SSSR count). The van der Waals surface area contributed by atoms with Gasteiger partial charge >= 0.3 is 5.97 Å². The minimum atomic E-state index is -0.829. The fraction of sp³-hybridized carbons (Fsp3) is 0.480. The van der Waals surface area contributed by atoms with E-state index < -0.39 is 23.8 Å². The third-order valence-corrected chi connectivity index (χ3v) is 6.66. The van der Waals surface area contributed by atoms with Crippen LogP contribution in [0.2, 0.25) is 5.02 Å². The number of nitrogens with one attached hydrogen (secondary N) is 1. The fourth-order valence-electron chi connectivity index (χ4n) is 4.46. The number of halogens is 2. The molecule has 8 heteroatoms. The monoisotopic (exact) mass is 477 g/mol. The van der Waals surface area contributed by atoms with E-state index in [9.17, 15) is 19.4 Å². The van der Waals surface area contributed by atoms with Gasteiger partial charge in [-0.1, -0.05) is 23.7 Å². The molecule has 0 spiro atoms. The number of carboxylic acids is 1. The van der Waals surface area contributed by atoms with Gasteiger partial charge in [0.1, 0.15) is 23.6 Å². The van der Waals surface area contributed by atoms with Gasteiger partial charge in [0.15, 0.2) is 0 Å². The van der Waals surface area contributed by atoms with Crippen LogP contribution in [0, 0.1) is 11.7 Å². The Balaban J connectivity index is 1.25. The third-order valence-electron chi connectivity index (χ3n) is 6.35. The van der Waals surface area contributed by atoms with E-state index in [-0.39, 0.29) is 35.3 Å². The Bertz CT molecular complexity index is 1050. The van der Waals surface area contributed by atoms with E-state index in [1.165, 1.54) is 6.07 Å². The van der Waals surface area contributed by atoms with E-state index in [0.717, 1.165) is 22.4 Å². The van der Waals surface area contributed by atoms with Crippen molar-refractivity contribution in [3.63, 3.8) is 0 Å². The number of hydrogen-bond donors (Lipinski definition) is 3. The van der Waals surface area contributed by atoms with Gasteiger partial charge in [0, 0.05) is 23.6 Å². The SMILES string of the molecule is CC(OC[C@H](O)CNC(C)(C)Cc1ccc(Cl)c(F)c1)c1ccc2c(c1)C1C(O2)C1C(=O)O. The fourth-order valence-corrected chi connectivity index (χ4v) is 4.57. The van der Waals surface area contributed by atoms with Crippen molar-refractivity contribution in [2.75, 3.05) is 13.2 Å². The Morgan fingerprint density at radius 2 is 2.06 bits per heavy atom. The van der Waals surface area contributed by atoms with E-state index in [1.807, 2.05) is 39.0 Å². The van der Waals surface area contributed by atoms with Crippen molar-refractivity contribution in [3.8, 4) is 5.75 Å². The summed E-state index contributed by atoms with van der Waals surface area (Å²) in [7, 11) is 0. The highest BCUT2D eigenvalue weighted by Crippen LogP contribution is 2.58. The molecular weight excluding hydrogens is 449 g/mol. The molecule has 1 aliphatic carbocycles. The zero-order valence-electron chi connectivity index (χ0n) is 18.8. The van der Waals surface area contributed by atoms with Gasteiger partial charge in [-0.15, -0.1) is 0 Å². The van der Waals surface area contributed by atoms with Crippen LogP contribution in [0.15, 0.2) is 36.4 Å². The number of carbonyl (C=O) groups is 1. The van der Waals surface area contributed by atoms with Gasteiger partial charge in [0.05, 0.1) is 23.8 Å². The first-order valence-corrected chi connectivity index (χ1v) is 11.5. The van der Waals surface area contributed by atoms with Crippen molar-refractivity contribution in [2.45, 2.75) is 57.0 Å². The Labute approximate surface area is 197 Å². The number of carboxylic acid groups (broad SMARTS) is 1. The predicted molar refractivity (Wildman–Crippen MR) is 122 cm³/mol. The van der Waals surface area contributed by atoms with Crippen LogP contribution in [0.1, 0.15) is 49.5 Å². The first kappa shape index (κ1) is 24.0. The number of ether oxygens (including phenoxy) is 2. The Hall–Kier alpha value is -2.19. The molecule has 0 saturated heterocycles. The van der Waals surface area contributed by atoms with E-state index in [1.54, 1.807) is 12.1 Å². The van der Waals surface area contributed by atoms with E-state index >= 15 is 0 Å². The normalized spacial score (nSPS) is 22.8. The van der Waals surface area contributed by atoms with Gasteiger partial charge in [-0.25, -0.2) is 4.39 Å². The highest BCUT2D eigenvalue weighted by atomic mass is 35.5. The van der Waals surface area contributed by atoms with E-state index in [4.69, 9.17) is 21.1 Å². The molecule has 33 heavy (non-hydrogen) atoms. The van der Waals surface area contributed by atoms with E-state index in [2.05, 4.69) is 5.32 Å². The summed E-state index contributed by atoms with van der Waals surface area (Å²) in [6.07, 6.45) is -0.682. The second kappa shape index (κ2) is 9.22. The maximum atomic E-state index is 13.7. The van der Waals surface area contributed by atoms with Crippen LogP contribution in [-0.4, -0.2) is 47.1 Å². The Morgan fingerprint density at radius 1 is 1.30 bits per heavy atom. The maximum Gasteiger partial charge on any atom is 0.311 e. The minimum Gasteiger partial charge on any atom is -0.489 e. The number of β-amino-alcohol motifs (C(OH)–C–C–N with tert-alkyl or cyclic N) is 1. The average molecular weight is 478 g/mol. The molecule has 0 amide bonds. The standard InChI is InChI=1S/C25H29ClFNO5/c1-13(15-5-7-20-17(9-15)21-22(24(30)31)23(21)33-20)32-12-16(29)11-28-25(2,3)10-14-4-6-18(26)19(27)8-14/h4-9,13,16,21-23,28-29H,10-12H2,1-3H3,(H,30,31)/t13?,16-,21?,22?,23?/m1/s1. The lowest BCUT2D eigenvalue weighted by atomic mass is 9.94.